The van der Waals surface area contributed by atoms with Gasteiger partial charge in [-0.2, -0.15) is 0 Å². The number of carbonyl (C=O) groups is 1. The van der Waals surface area contributed by atoms with E-state index in [1.54, 1.807) is 0 Å². The van der Waals surface area contributed by atoms with Crippen LogP contribution in [0, 0.1) is 0 Å². The summed E-state index contributed by atoms with van der Waals surface area (Å²) in [6.07, 6.45) is 11.8. The maximum atomic E-state index is 12.3. The molecule has 0 bridgehead atoms. The van der Waals surface area contributed by atoms with Gasteiger partial charge in [0.15, 0.2) is 0 Å². The van der Waals surface area contributed by atoms with E-state index >= 15 is 0 Å². The lowest BCUT2D eigenvalue weighted by molar-refractivity contribution is -0.153. The van der Waals surface area contributed by atoms with Gasteiger partial charge in [-0.3, -0.25) is 0 Å². The molecule has 0 aromatic heterocycles. The molecule has 26 heavy (non-hydrogen) atoms. The predicted molar refractivity (Wildman–Crippen MR) is 103 cm³/mol. The molecule has 146 valence electrons. The van der Waals surface area contributed by atoms with E-state index < -0.39 is 6.10 Å². The Bertz CT molecular complexity index is 484. The monoisotopic (exact) mass is 362 g/mol. The molecule has 2 rings (SSSR count). The second-order valence-corrected chi connectivity index (χ2v) is 7.07. The Morgan fingerprint density at radius 1 is 1.00 bits per heavy atom. The molecule has 1 aromatic carbocycles. The first-order valence-corrected chi connectivity index (χ1v) is 10.3. The first kappa shape index (κ1) is 20.8. The molecule has 0 N–H and O–H groups in total. The second kappa shape index (κ2) is 12.7. The van der Waals surface area contributed by atoms with Crippen LogP contribution in [-0.4, -0.2) is 31.4 Å². The second-order valence-electron chi connectivity index (χ2n) is 7.07. The Kier molecular flexibility index (Phi) is 10.2. The number of esters is 1. The molecule has 1 aromatic rings. The van der Waals surface area contributed by atoms with Gasteiger partial charge >= 0.3 is 5.97 Å². The highest BCUT2D eigenvalue weighted by Crippen LogP contribution is 2.22. The first-order chi connectivity index (χ1) is 12.8. The number of hydrogen-bond donors (Lipinski definition) is 0. The van der Waals surface area contributed by atoms with E-state index in [-0.39, 0.29) is 12.1 Å². The van der Waals surface area contributed by atoms with Crippen molar-refractivity contribution in [2.75, 3.05) is 13.2 Å². The van der Waals surface area contributed by atoms with Gasteiger partial charge in [0, 0.05) is 0 Å². The van der Waals surface area contributed by atoms with Crippen LogP contribution in [0.15, 0.2) is 30.3 Å². The summed E-state index contributed by atoms with van der Waals surface area (Å²) in [5.74, 6) is 0.358. The molecule has 1 aliphatic heterocycles. The van der Waals surface area contributed by atoms with Crippen LogP contribution in [-0.2, 0) is 14.3 Å². The van der Waals surface area contributed by atoms with Crippen molar-refractivity contribution in [3.05, 3.63) is 30.3 Å². The zero-order valence-corrected chi connectivity index (χ0v) is 16.2. The molecular formula is C22H34O4. The molecule has 0 amide bonds. The largest absolute Gasteiger partial charge is 0.476 e. The lowest BCUT2D eigenvalue weighted by Gasteiger charge is -2.16. The van der Waals surface area contributed by atoms with Crippen molar-refractivity contribution >= 4 is 5.97 Å². The molecule has 1 saturated heterocycles. The number of epoxide rings is 1. The van der Waals surface area contributed by atoms with Crippen LogP contribution in [0.4, 0.5) is 0 Å². The molecule has 0 aliphatic carbocycles. The number of carbonyl (C=O) groups excluding carboxylic acids is 1. The van der Waals surface area contributed by atoms with Crippen LogP contribution in [0.5, 0.6) is 5.75 Å². The third-order valence-corrected chi connectivity index (χ3v) is 4.68. The van der Waals surface area contributed by atoms with Gasteiger partial charge in [-0.05, 0) is 18.6 Å². The van der Waals surface area contributed by atoms with Crippen LogP contribution < -0.4 is 4.74 Å². The zero-order valence-electron chi connectivity index (χ0n) is 16.2. The summed E-state index contributed by atoms with van der Waals surface area (Å²) in [5.41, 5.74) is 0. The van der Waals surface area contributed by atoms with Gasteiger partial charge in [-0.15, -0.1) is 0 Å². The number of ether oxygens (including phenoxy) is 3. The summed E-state index contributed by atoms with van der Waals surface area (Å²) < 4.78 is 16.4. The average molecular weight is 363 g/mol. The van der Waals surface area contributed by atoms with Crippen molar-refractivity contribution < 1.29 is 19.0 Å². The van der Waals surface area contributed by atoms with Crippen LogP contribution in [0.2, 0.25) is 0 Å². The van der Waals surface area contributed by atoms with E-state index in [1.165, 1.54) is 51.4 Å². The number of para-hydroxylation sites is 1. The number of unbranched alkanes of at least 4 members (excludes halogenated alkanes) is 9. The summed E-state index contributed by atoms with van der Waals surface area (Å²) in [7, 11) is 0. The van der Waals surface area contributed by atoms with E-state index in [4.69, 9.17) is 14.2 Å². The minimum absolute atomic E-state index is 0.171. The van der Waals surface area contributed by atoms with Crippen molar-refractivity contribution in [1.82, 2.24) is 0 Å². The lowest BCUT2D eigenvalue weighted by atomic mass is 10.1. The van der Waals surface area contributed by atoms with Crippen molar-refractivity contribution in [2.24, 2.45) is 0 Å². The Morgan fingerprint density at radius 2 is 1.58 bits per heavy atom. The smallest absolute Gasteiger partial charge is 0.350 e. The number of hydrogen-bond acceptors (Lipinski definition) is 4. The summed E-state index contributed by atoms with van der Waals surface area (Å²) >= 11 is 0. The third kappa shape index (κ3) is 8.70. The van der Waals surface area contributed by atoms with Crippen LogP contribution in [0.25, 0.3) is 0 Å². The molecular weight excluding hydrogens is 328 g/mol. The van der Waals surface area contributed by atoms with Gasteiger partial charge in [0.2, 0.25) is 6.10 Å². The molecule has 4 heteroatoms. The summed E-state index contributed by atoms with van der Waals surface area (Å²) in [5, 5.41) is 0. The van der Waals surface area contributed by atoms with E-state index in [2.05, 4.69) is 6.92 Å². The summed E-state index contributed by atoms with van der Waals surface area (Å²) in [6.45, 7) is 3.28. The molecule has 0 saturated carbocycles. The van der Waals surface area contributed by atoms with Gasteiger partial charge in [-0.1, -0.05) is 82.9 Å². The molecule has 4 nitrogen and oxygen atoms in total. The van der Waals surface area contributed by atoms with E-state index in [0.717, 1.165) is 12.8 Å². The minimum Gasteiger partial charge on any atom is -0.476 e. The average Bonchev–Trinajstić information content (AvgIpc) is 3.50. The predicted octanol–water partition coefficient (Wildman–Crippen LogP) is 5.30. The van der Waals surface area contributed by atoms with Crippen molar-refractivity contribution in [3.63, 3.8) is 0 Å². The quantitative estimate of drug-likeness (QED) is 0.241. The maximum Gasteiger partial charge on any atom is 0.350 e. The summed E-state index contributed by atoms with van der Waals surface area (Å²) in [4.78, 5) is 12.3. The Balaban J connectivity index is 1.51. The molecule has 2 atom stereocenters. The molecule has 0 spiro atoms. The van der Waals surface area contributed by atoms with Crippen LogP contribution in [0.3, 0.4) is 0 Å². The highest BCUT2D eigenvalue weighted by molar-refractivity contribution is 5.76. The zero-order chi connectivity index (χ0) is 18.5. The normalized spacial score (nSPS) is 16.9. The van der Waals surface area contributed by atoms with E-state index in [1.807, 2.05) is 30.3 Å². The summed E-state index contributed by atoms with van der Waals surface area (Å²) in [6, 6.07) is 9.36. The molecule has 0 radical (unpaired) electrons. The van der Waals surface area contributed by atoms with E-state index in [9.17, 15) is 4.79 Å². The highest BCUT2D eigenvalue weighted by atomic mass is 16.6. The fraction of sp³-hybridized carbons (Fsp3) is 0.682. The van der Waals surface area contributed by atoms with Crippen molar-refractivity contribution in [3.8, 4) is 5.75 Å². The number of rotatable bonds is 15. The highest BCUT2D eigenvalue weighted by Gasteiger charge is 2.41. The Hall–Kier alpha value is -1.55. The van der Waals surface area contributed by atoms with Crippen molar-refractivity contribution in [2.45, 2.75) is 83.3 Å². The van der Waals surface area contributed by atoms with E-state index in [0.29, 0.717) is 19.0 Å². The third-order valence-electron chi connectivity index (χ3n) is 4.68. The standard InChI is InChI=1S/C22H34O4/c1-2-3-4-5-6-7-8-9-10-14-17-24-22(23)21(20-18-25-20)26-19-15-12-11-13-16-19/h11-13,15-16,20-21H,2-10,14,17-18H2,1H3. The lowest BCUT2D eigenvalue weighted by Crippen LogP contribution is -2.34. The Labute approximate surface area is 158 Å². The van der Waals surface area contributed by atoms with Gasteiger partial charge in [0.05, 0.1) is 13.2 Å². The van der Waals surface area contributed by atoms with Crippen molar-refractivity contribution in [1.29, 1.82) is 0 Å². The molecule has 1 fully saturated rings. The Morgan fingerprint density at radius 3 is 2.15 bits per heavy atom. The fourth-order valence-corrected chi connectivity index (χ4v) is 3.00. The first-order valence-electron chi connectivity index (χ1n) is 10.3. The van der Waals surface area contributed by atoms with Gasteiger partial charge in [-0.25, -0.2) is 4.79 Å². The SMILES string of the molecule is CCCCCCCCCCCCOC(=O)C(Oc1ccccc1)C1CO1. The minimum atomic E-state index is -0.652. The maximum absolute atomic E-state index is 12.3. The van der Waals surface area contributed by atoms with Gasteiger partial charge in [0.25, 0.3) is 0 Å². The molecule has 2 unspecified atom stereocenters. The topological polar surface area (TPSA) is 48.1 Å². The fourth-order valence-electron chi connectivity index (χ4n) is 3.00. The van der Waals surface area contributed by atoms with Gasteiger partial charge in [0.1, 0.15) is 11.9 Å². The van der Waals surface area contributed by atoms with Crippen LogP contribution >= 0.6 is 0 Å². The van der Waals surface area contributed by atoms with Gasteiger partial charge < -0.3 is 14.2 Å². The molecule has 1 aliphatic rings. The number of benzene rings is 1. The van der Waals surface area contributed by atoms with Crippen LogP contribution in [0.1, 0.15) is 71.1 Å². The molecule has 1 heterocycles.